The van der Waals surface area contributed by atoms with Crippen LogP contribution in [-0.4, -0.2) is 54.9 Å². The van der Waals surface area contributed by atoms with Crippen LogP contribution < -0.4 is 64.6 Å². The van der Waals surface area contributed by atoms with Crippen LogP contribution in [0.2, 0.25) is 0 Å². The summed E-state index contributed by atoms with van der Waals surface area (Å²) >= 11 is 0. The van der Waals surface area contributed by atoms with Gasteiger partial charge < -0.3 is 46.0 Å². The Morgan fingerprint density at radius 1 is 0.375 bits per heavy atom. The van der Waals surface area contributed by atoms with E-state index in [1.165, 1.54) is 0 Å². The summed E-state index contributed by atoms with van der Waals surface area (Å²) in [5, 5.41) is 93.4. The molecule has 0 atom stereocenters. The first-order chi connectivity index (χ1) is 19.5. The van der Waals surface area contributed by atoms with E-state index in [-0.39, 0.29) is 79.7 Å². The number of nitrogens with zero attached hydrogens (tertiary/aromatic N) is 1. The zero-order valence-electron chi connectivity index (χ0n) is 33.2. The largest absolute Gasteiger partial charge is 4.00 e. The van der Waals surface area contributed by atoms with Crippen molar-refractivity contribution in [3.8, 4) is 6.07 Å². The molecule has 0 unspecified atom stereocenters. The summed E-state index contributed by atoms with van der Waals surface area (Å²) in [6.07, 6.45) is -3.13. The van der Waals surface area contributed by atoms with Crippen molar-refractivity contribution in [1.29, 1.82) is 5.26 Å². The molecule has 0 amide bonds. The Bertz CT molecular complexity index is 343. The molecule has 0 radical (unpaired) electrons. The minimum Gasteiger partial charge on any atom is -0.852 e. The van der Waals surface area contributed by atoms with Crippen LogP contribution in [0.5, 0.6) is 0 Å². The number of rotatable bonds is 0. The molecular formula is C30H68CdClNO13Zr2. The van der Waals surface area contributed by atoms with Gasteiger partial charge in [0.1, 0.15) is 0 Å². The molecule has 0 saturated carbocycles. The maximum absolute atomic E-state index is 9.53. The molecule has 0 fully saturated rings. The van der Waals surface area contributed by atoms with Gasteiger partial charge >= 0.3 is 79.7 Å². The van der Waals surface area contributed by atoms with Gasteiger partial charge in [-0.2, -0.15) is 5.26 Å². The predicted octanol–water partition coefficient (Wildman–Crippen LogP) is -6.05. The van der Waals surface area contributed by atoms with Crippen LogP contribution >= 0.6 is 0 Å². The molecule has 14 nitrogen and oxygen atoms in total. The summed E-state index contributed by atoms with van der Waals surface area (Å²) in [6, 6.07) is 1.93. The van der Waals surface area contributed by atoms with Crippen molar-refractivity contribution in [1.82, 2.24) is 0 Å². The summed E-state index contributed by atoms with van der Waals surface area (Å²) in [5.41, 5.74) is 0. The molecule has 0 bridgehead atoms. The Kier molecular flexibility index (Phi) is 159. The minimum atomic E-state index is -4.94. The Balaban J connectivity index is -0.0000000220. The summed E-state index contributed by atoms with van der Waals surface area (Å²) in [6.45, 7) is 30.8. The van der Waals surface area contributed by atoms with Crippen molar-refractivity contribution in [2.24, 2.45) is 0 Å². The Hall–Kier alpha value is 1.95. The summed E-state index contributed by atoms with van der Waals surface area (Å²) in [4.78, 5) is 0. The van der Waals surface area contributed by atoms with E-state index in [1.54, 1.807) is 125 Å². The second-order valence-corrected chi connectivity index (χ2v) is 11.1. The first-order valence-electron chi connectivity index (χ1n) is 14.4. The first-order valence-corrected chi connectivity index (χ1v) is 15.6. The number of nitriles is 1. The SMILES string of the molecule is CC(C)[O-].CC(C)[O-].CC(C)[O-].CC(C)[O-].CC(C)[O-].CC(C)[O-].CC(C)[O-].CC(C)[O-].CC(C)[O-].CCC#N.[Cd+2].[O-][Cl+3]([O-])([O-])[O-].[Zr+4].[Zr+4]. The molecule has 0 aromatic carbocycles. The standard InChI is InChI=1S/C3H5N.9C3H7O.Cd.ClHO4.2Zr/c1-2-3-4;9*1-3(2)4;;2-1(3,4)5;;/h2H2,1H3;9*3H,1-2H3;;(H,2,3,4,5);;/q;9*-1;+2;;2*+4/p-1. The monoisotopic (exact) mass is 979 g/mol. The van der Waals surface area contributed by atoms with Crippen LogP contribution in [0.15, 0.2) is 0 Å². The summed E-state index contributed by atoms with van der Waals surface area (Å²) in [5.74, 6) is 0. The topological polar surface area (TPSA) is 324 Å². The maximum Gasteiger partial charge on any atom is 4.00 e. The molecule has 0 aromatic rings. The van der Waals surface area contributed by atoms with Crippen LogP contribution in [-0.2, 0) is 79.7 Å². The minimum absolute atomic E-state index is 0. The summed E-state index contributed by atoms with van der Waals surface area (Å²) in [7, 11) is -4.94. The quantitative estimate of drug-likeness (QED) is 0.204. The van der Waals surface area contributed by atoms with E-state index in [0.29, 0.717) is 6.42 Å². The van der Waals surface area contributed by atoms with Crippen molar-refractivity contribution < 1.29 is 155 Å². The van der Waals surface area contributed by atoms with E-state index in [2.05, 4.69) is 0 Å². The first kappa shape index (κ1) is 92.6. The second-order valence-electron chi connectivity index (χ2n) is 10.3. The van der Waals surface area contributed by atoms with E-state index in [4.69, 9.17) is 23.9 Å². The average molecular weight is 981 g/mol. The maximum atomic E-state index is 9.53. The molecule has 0 aliphatic heterocycles. The fraction of sp³-hybridized carbons (Fsp3) is 0.967. The van der Waals surface area contributed by atoms with E-state index in [9.17, 15) is 46.0 Å². The molecule has 0 aromatic heterocycles. The Morgan fingerprint density at radius 2 is 0.396 bits per heavy atom. The van der Waals surface area contributed by atoms with E-state index in [0.717, 1.165) is 0 Å². The third-order valence-corrected chi connectivity index (χ3v) is 0.158. The molecule has 0 aliphatic rings. The normalized spacial score (nSPS) is 8.42. The van der Waals surface area contributed by atoms with Gasteiger partial charge in [0.2, 0.25) is 0 Å². The molecule has 18 heteroatoms. The van der Waals surface area contributed by atoms with Crippen LogP contribution in [0.3, 0.4) is 0 Å². The molecular weight excluding hydrogens is 913 g/mol. The Morgan fingerprint density at radius 3 is 0.396 bits per heavy atom. The average Bonchev–Trinajstić information content (AvgIpc) is 2.62. The van der Waals surface area contributed by atoms with Gasteiger partial charge in [-0.1, -0.05) is 132 Å². The van der Waals surface area contributed by atoms with Gasteiger partial charge in [-0.15, -0.1) is 65.2 Å². The summed E-state index contributed by atoms with van der Waals surface area (Å²) < 4.78 is 34.0. The van der Waals surface area contributed by atoms with Crippen molar-refractivity contribution in [2.75, 3.05) is 0 Å². The molecule has 48 heavy (non-hydrogen) atoms. The van der Waals surface area contributed by atoms with Crippen molar-refractivity contribution in [2.45, 2.75) is 193 Å². The van der Waals surface area contributed by atoms with E-state index < -0.39 is 65.2 Å². The van der Waals surface area contributed by atoms with Gasteiger partial charge in [-0.25, -0.2) is 18.6 Å². The molecule has 0 heterocycles. The zero-order chi connectivity index (χ0) is 40.1. The molecule has 0 aliphatic carbocycles. The van der Waals surface area contributed by atoms with Gasteiger partial charge in [0.25, 0.3) is 0 Å². The number of hydrogen-bond acceptors (Lipinski definition) is 14. The van der Waals surface area contributed by atoms with Crippen LogP contribution in [0.25, 0.3) is 0 Å². The fourth-order valence-corrected chi connectivity index (χ4v) is 0. The third kappa shape index (κ3) is 12200. The van der Waals surface area contributed by atoms with Crippen molar-refractivity contribution in [3.63, 3.8) is 0 Å². The number of hydrogen-bond donors (Lipinski definition) is 0. The Labute approximate surface area is 355 Å². The van der Waals surface area contributed by atoms with Gasteiger partial charge in [-0.05, 0) is 0 Å². The van der Waals surface area contributed by atoms with Gasteiger partial charge in [0.15, 0.2) is 0 Å². The number of halogens is 1. The third-order valence-electron chi connectivity index (χ3n) is 0.158. The molecule has 0 saturated heterocycles. The molecule has 0 N–H and O–H groups in total. The van der Waals surface area contributed by atoms with E-state index >= 15 is 0 Å². The zero-order valence-corrected chi connectivity index (χ0v) is 43.0. The van der Waals surface area contributed by atoms with Gasteiger partial charge in [-0.3, -0.25) is 0 Å². The van der Waals surface area contributed by atoms with E-state index in [1.807, 2.05) is 13.0 Å². The van der Waals surface area contributed by atoms with Crippen LogP contribution in [0.1, 0.15) is 138 Å². The van der Waals surface area contributed by atoms with Crippen LogP contribution in [0, 0.1) is 21.6 Å². The van der Waals surface area contributed by atoms with Gasteiger partial charge in [0, 0.05) is 6.42 Å². The second kappa shape index (κ2) is 82.4. The van der Waals surface area contributed by atoms with Gasteiger partial charge in [0.05, 0.1) is 6.07 Å². The molecule has 288 valence electrons. The smallest absolute Gasteiger partial charge is 0.852 e. The van der Waals surface area contributed by atoms with Crippen LogP contribution in [0.4, 0.5) is 0 Å². The van der Waals surface area contributed by atoms with Crippen molar-refractivity contribution in [3.05, 3.63) is 0 Å². The van der Waals surface area contributed by atoms with Crippen molar-refractivity contribution >= 4 is 0 Å². The fourth-order valence-electron chi connectivity index (χ4n) is 0. The predicted molar refractivity (Wildman–Crippen MR) is 152 cm³/mol. The molecule has 0 spiro atoms. The molecule has 0 rings (SSSR count).